The Morgan fingerprint density at radius 1 is 1.67 bits per heavy atom. The van der Waals surface area contributed by atoms with Crippen LogP contribution in [0.3, 0.4) is 0 Å². The van der Waals surface area contributed by atoms with Gasteiger partial charge in [-0.15, -0.1) is 0 Å². The van der Waals surface area contributed by atoms with Crippen LogP contribution in [0.4, 0.5) is 0 Å². The molecule has 0 saturated carbocycles. The molecule has 1 unspecified atom stereocenters. The quantitative estimate of drug-likeness (QED) is 0.434. The van der Waals surface area contributed by atoms with Crippen LogP contribution in [-0.2, 0) is 4.74 Å². The lowest BCUT2D eigenvalue weighted by Gasteiger charge is -2.18. The van der Waals surface area contributed by atoms with Gasteiger partial charge in [0.25, 0.3) is 0 Å². The molecular formula is C6H11NOS. The number of hydrogen-bond donors (Lipinski definition) is 0. The zero-order valence-electron chi connectivity index (χ0n) is 5.38. The molecule has 1 heterocycles. The second kappa shape index (κ2) is 3.90. The predicted octanol–water partition coefficient (Wildman–Crippen LogP) is 1.51. The van der Waals surface area contributed by atoms with Crippen LogP contribution in [0.5, 0.6) is 0 Å². The van der Waals surface area contributed by atoms with Crippen LogP contribution >= 0.6 is 11.9 Å². The summed E-state index contributed by atoms with van der Waals surface area (Å²) in [5.41, 5.74) is 0. The molecule has 3 heteroatoms. The zero-order chi connectivity index (χ0) is 6.53. The Morgan fingerprint density at radius 3 is 3.11 bits per heavy atom. The fraction of sp³-hybridized carbons (Fsp3) is 0.833. The van der Waals surface area contributed by atoms with E-state index in [4.69, 9.17) is 4.74 Å². The standard InChI is InChI=1S/C6H11NOS/c1-7-9-6-3-2-4-8-5-6/h6H,1-5H2. The first kappa shape index (κ1) is 7.09. The Morgan fingerprint density at radius 2 is 2.56 bits per heavy atom. The Bertz CT molecular complexity index is 91.1. The number of nitrogens with zero attached hydrogens (tertiary/aromatic N) is 1. The molecule has 0 aromatic rings. The summed E-state index contributed by atoms with van der Waals surface area (Å²) in [4.78, 5) is 0. The summed E-state index contributed by atoms with van der Waals surface area (Å²) in [6, 6.07) is 0. The van der Waals surface area contributed by atoms with Crippen LogP contribution < -0.4 is 0 Å². The van der Waals surface area contributed by atoms with Crippen molar-refractivity contribution in [2.24, 2.45) is 4.40 Å². The SMILES string of the molecule is C=NSC1CCCOC1. The Labute approximate surface area is 59.8 Å². The van der Waals surface area contributed by atoms with E-state index in [1.54, 1.807) is 11.9 Å². The molecule has 1 aliphatic heterocycles. The van der Waals surface area contributed by atoms with Crippen molar-refractivity contribution in [3.05, 3.63) is 0 Å². The molecule has 0 aliphatic carbocycles. The molecule has 0 N–H and O–H groups in total. The summed E-state index contributed by atoms with van der Waals surface area (Å²) in [7, 11) is 0. The van der Waals surface area contributed by atoms with Crippen LogP contribution in [0.25, 0.3) is 0 Å². The molecule has 0 bridgehead atoms. The second-order valence-corrected chi connectivity index (χ2v) is 3.21. The highest BCUT2D eigenvalue weighted by Crippen LogP contribution is 2.20. The van der Waals surface area contributed by atoms with Crippen molar-refractivity contribution in [1.82, 2.24) is 0 Å². The zero-order valence-corrected chi connectivity index (χ0v) is 6.19. The van der Waals surface area contributed by atoms with Crippen LogP contribution in [-0.4, -0.2) is 25.2 Å². The van der Waals surface area contributed by atoms with Gasteiger partial charge in [-0.1, -0.05) is 0 Å². The molecule has 9 heavy (non-hydrogen) atoms. The van der Waals surface area contributed by atoms with Crippen LogP contribution in [0.15, 0.2) is 4.40 Å². The maximum Gasteiger partial charge on any atom is 0.0603 e. The van der Waals surface area contributed by atoms with E-state index in [9.17, 15) is 0 Å². The van der Waals surface area contributed by atoms with Gasteiger partial charge in [0.2, 0.25) is 0 Å². The van der Waals surface area contributed by atoms with Gasteiger partial charge in [-0.05, 0) is 31.5 Å². The highest BCUT2D eigenvalue weighted by atomic mass is 32.2. The smallest absolute Gasteiger partial charge is 0.0603 e. The van der Waals surface area contributed by atoms with Crippen molar-refractivity contribution >= 4 is 18.7 Å². The monoisotopic (exact) mass is 145 g/mol. The Kier molecular flexibility index (Phi) is 3.08. The van der Waals surface area contributed by atoms with E-state index >= 15 is 0 Å². The molecule has 0 aromatic carbocycles. The van der Waals surface area contributed by atoms with Crippen LogP contribution in [0, 0.1) is 0 Å². The fourth-order valence-corrected chi connectivity index (χ4v) is 1.54. The molecule has 0 radical (unpaired) electrons. The van der Waals surface area contributed by atoms with Crippen molar-refractivity contribution in [1.29, 1.82) is 0 Å². The maximum atomic E-state index is 5.23. The third-order valence-corrected chi connectivity index (χ3v) is 2.16. The molecular weight excluding hydrogens is 134 g/mol. The average Bonchev–Trinajstić information content (AvgIpc) is 1.91. The van der Waals surface area contributed by atoms with Gasteiger partial charge in [-0.25, -0.2) is 4.40 Å². The van der Waals surface area contributed by atoms with Crippen LogP contribution in [0.1, 0.15) is 12.8 Å². The molecule has 1 aliphatic rings. The molecule has 1 rings (SSSR count). The van der Waals surface area contributed by atoms with Gasteiger partial charge in [0.15, 0.2) is 0 Å². The fourth-order valence-electron chi connectivity index (χ4n) is 0.900. The number of ether oxygens (including phenoxy) is 1. The van der Waals surface area contributed by atoms with Gasteiger partial charge in [-0.2, -0.15) is 0 Å². The minimum absolute atomic E-state index is 0.566. The van der Waals surface area contributed by atoms with Crippen molar-refractivity contribution in [3.8, 4) is 0 Å². The molecule has 1 saturated heterocycles. The lowest BCUT2D eigenvalue weighted by atomic mass is 10.2. The van der Waals surface area contributed by atoms with Crippen molar-refractivity contribution < 1.29 is 4.74 Å². The minimum atomic E-state index is 0.566. The highest BCUT2D eigenvalue weighted by Gasteiger charge is 2.12. The third kappa shape index (κ3) is 2.37. The van der Waals surface area contributed by atoms with E-state index in [-0.39, 0.29) is 0 Å². The molecule has 0 amide bonds. The Hall–Kier alpha value is -0.0200. The average molecular weight is 145 g/mol. The molecule has 1 fully saturated rings. The minimum Gasteiger partial charge on any atom is -0.380 e. The summed E-state index contributed by atoms with van der Waals surface area (Å²) in [5.74, 6) is 0. The van der Waals surface area contributed by atoms with Gasteiger partial charge >= 0.3 is 0 Å². The number of rotatable bonds is 2. The summed E-state index contributed by atoms with van der Waals surface area (Å²) in [6.45, 7) is 5.19. The summed E-state index contributed by atoms with van der Waals surface area (Å²) >= 11 is 1.54. The van der Waals surface area contributed by atoms with E-state index in [1.807, 2.05) is 0 Å². The predicted molar refractivity (Wildman–Crippen MR) is 41.0 cm³/mol. The van der Waals surface area contributed by atoms with E-state index in [0.717, 1.165) is 13.2 Å². The first-order chi connectivity index (χ1) is 4.43. The summed E-state index contributed by atoms with van der Waals surface area (Å²) in [6.07, 6.45) is 2.40. The lowest BCUT2D eigenvalue weighted by molar-refractivity contribution is 0.101. The third-order valence-electron chi connectivity index (χ3n) is 1.34. The lowest BCUT2D eigenvalue weighted by Crippen LogP contribution is -2.18. The van der Waals surface area contributed by atoms with E-state index < -0.39 is 0 Å². The first-order valence-corrected chi connectivity index (χ1v) is 3.96. The van der Waals surface area contributed by atoms with E-state index in [0.29, 0.717) is 5.25 Å². The molecule has 52 valence electrons. The van der Waals surface area contributed by atoms with E-state index in [1.165, 1.54) is 12.8 Å². The Balaban J connectivity index is 2.15. The van der Waals surface area contributed by atoms with Crippen molar-refractivity contribution in [3.63, 3.8) is 0 Å². The topological polar surface area (TPSA) is 21.6 Å². The number of hydrogen-bond acceptors (Lipinski definition) is 3. The summed E-state index contributed by atoms with van der Waals surface area (Å²) in [5, 5.41) is 0.566. The molecule has 0 spiro atoms. The molecule has 2 nitrogen and oxygen atoms in total. The van der Waals surface area contributed by atoms with Gasteiger partial charge in [0.1, 0.15) is 0 Å². The normalized spacial score (nSPS) is 27.8. The molecule has 1 atom stereocenters. The van der Waals surface area contributed by atoms with Gasteiger partial charge in [-0.3, -0.25) is 0 Å². The molecule has 0 aromatic heterocycles. The first-order valence-electron chi connectivity index (χ1n) is 3.13. The largest absolute Gasteiger partial charge is 0.380 e. The van der Waals surface area contributed by atoms with E-state index in [2.05, 4.69) is 11.1 Å². The van der Waals surface area contributed by atoms with Crippen LogP contribution in [0.2, 0.25) is 0 Å². The van der Waals surface area contributed by atoms with Crippen molar-refractivity contribution in [2.75, 3.05) is 13.2 Å². The maximum absolute atomic E-state index is 5.23. The highest BCUT2D eigenvalue weighted by molar-refractivity contribution is 7.98. The van der Waals surface area contributed by atoms with Gasteiger partial charge in [0.05, 0.1) is 11.9 Å². The van der Waals surface area contributed by atoms with Gasteiger partial charge < -0.3 is 4.74 Å². The van der Waals surface area contributed by atoms with Crippen molar-refractivity contribution in [2.45, 2.75) is 18.1 Å². The second-order valence-electron chi connectivity index (χ2n) is 2.07. The summed E-state index contributed by atoms with van der Waals surface area (Å²) < 4.78 is 8.97. The van der Waals surface area contributed by atoms with Gasteiger partial charge in [0, 0.05) is 6.61 Å².